The van der Waals surface area contributed by atoms with Crippen molar-refractivity contribution in [2.45, 2.75) is 31.4 Å². The molecule has 3 rings (SSSR count). The highest BCUT2D eigenvalue weighted by Gasteiger charge is 2.38. The predicted octanol–water partition coefficient (Wildman–Crippen LogP) is 6.42. The Morgan fingerprint density at radius 1 is 0.771 bits per heavy atom. The number of hydrogen-bond acceptors (Lipinski definition) is 4. The van der Waals surface area contributed by atoms with E-state index in [2.05, 4.69) is 5.32 Å². The average molecular weight is 495 g/mol. The molecule has 0 amide bonds. The number of anilines is 1. The molecule has 0 radical (unpaired) electrons. The van der Waals surface area contributed by atoms with Crippen molar-refractivity contribution in [2.75, 3.05) is 5.32 Å². The maximum absolute atomic E-state index is 13.3. The van der Waals surface area contributed by atoms with E-state index in [9.17, 15) is 35.9 Å². The molecule has 0 fully saturated rings. The highest BCUT2D eigenvalue weighted by Crippen LogP contribution is 2.37. The molecule has 0 aromatic heterocycles. The fraction of sp³-hybridized carbons (Fsp3) is 0.200. The van der Waals surface area contributed by atoms with Crippen LogP contribution in [0.4, 0.5) is 32.0 Å². The maximum Gasteiger partial charge on any atom is 0.416 e. The van der Waals surface area contributed by atoms with Gasteiger partial charge in [-0.1, -0.05) is 48.5 Å². The Balaban J connectivity index is 2.01. The van der Waals surface area contributed by atoms with Crippen molar-refractivity contribution in [1.29, 1.82) is 0 Å². The topological polar surface area (TPSA) is 55.4 Å². The van der Waals surface area contributed by atoms with Crippen LogP contribution in [0.15, 0.2) is 78.9 Å². The van der Waals surface area contributed by atoms with E-state index in [1.54, 1.807) is 36.4 Å². The highest BCUT2D eigenvalue weighted by atomic mass is 19.4. The lowest BCUT2D eigenvalue weighted by Gasteiger charge is -2.23. The summed E-state index contributed by atoms with van der Waals surface area (Å²) >= 11 is 0. The Hall–Kier alpha value is -3.82. The third kappa shape index (κ3) is 6.62. The molecule has 0 saturated carbocycles. The smallest absolute Gasteiger partial charge is 0.416 e. The molecule has 184 valence electrons. The van der Waals surface area contributed by atoms with Crippen LogP contribution < -0.4 is 10.1 Å². The van der Waals surface area contributed by atoms with Crippen molar-refractivity contribution >= 4 is 17.3 Å². The van der Waals surface area contributed by atoms with Gasteiger partial charge in [-0.2, -0.15) is 26.3 Å². The number of ether oxygens (including phenoxy) is 1. The summed E-state index contributed by atoms with van der Waals surface area (Å²) in [5, 5.41) is 2.29. The van der Waals surface area contributed by atoms with Gasteiger partial charge in [-0.05, 0) is 37.3 Å². The van der Waals surface area contributed by atoms with Crippen molar-refractivity contribution < 1.29 is 40.7 Å². The molecule has 0 bridgehead atoms. The molecule has 1 N–H and O–H groups in total. The molecule has 0 aliphatic carbocycles. The normalized spacial score (nSPS) is 13.6. The largest absolute Gasteiger partial charge is 0.483 e. The van der Waals surface area contributed by atoms with Gasteiger partial charge in [-0.3, -0.25) is 9.59 Å². The number of carbonyl (C=O) groups excluding carboxylic acids is 2. The van der Waals surface area contributed by atoms with Crippen LogP contribution >= 0.6 is 0 Å². The van der Waals surface area contributed by atoms with Crippen LogP contribution in [0.3, 0.4) is 0 Å². The molecule has 10 heteroatoms. The first kappa shape index (κ1) is 25.8. The maximum atomic E-state index is 13.3. The second-order valence-corrected chi connectivity index (χ2v) is 7.58. The number of para-hydroxylation sites is 1. The first-order valence-corrected chi connectivity index (χ1v) is 10.3. The molecule has 2 atom stereocenters. The average Bonchev–Trinajstić information content (AvgIpc) is 2.81. The first-order valence-electron chi connectivity index (χ1n) is 10.3. The molecule has 0 heterocycles. The zero-order valence-electron chi connectivity index (χ0n) is 18.2. The Kier molecular flexibility index (Phi) is 7.52. The van der Waals surface area contributed by atoms with Crippen LogP contribution in [0, 0.1) is 0 Å². The molecule has 0 spiro atoms. The quantitative estimate of drug-likeness (QED) is 0.223. The summed E-state index contributed by atoms with van der Waals surface area (Å²) in [4.78, 5) is 26.3. The summed E-state index contributed by atoms with van der Waals surface area (Å²) in [5.74, 6) is -1.43. The minimum absolute atomic E-state index is 0.0354. The van der Waals surface area contributed by atoms with Crippen molar-refractivity contribution in [3.8, 4) is 5.75 Å². The van der Waals surface area contributed by atoms with Gasteiger partial charge in [-0.25, -0.2) is 0 Å². The Morgan fingerprint density at radius 3 is 1.74 bits per heavy atom. The summed E-state index contributed by atoms with van der Waals surface area (Å²) in [6, 6.07) is 14.4. The summed E-state index contributed by atoms with van der Waals surface area (Å²) in [7, 11) is 0. The van der Waals surface area contributed by atoms with Gasteiger partial charge in [0.05, 0.1) is 11.1 Å². The van der Waals surface area contributed by atoms with Crippen LogP contribution in [0.2, 0.25) is 0 Å². The number of carbonyl (C=O) groups is 2. The van der Waals surface area contributed by atoms with Crippen molar-refractivity contribution in [3.63, 3.8) is 0 Å². The van der Waals surface area contributed by atoms with Gasteiger partial charge in [0.1, 0.15) is 5.75 Å². The van der Waals surface area contributed by atoms with Gasteiger partial charge in [0.2, 0.25) is 5.78 Å². The van der Waals surface area contributed by atoms with Gasteiger partial charge >= 0.3 is 12.4 Å². The zero-order chi connectivity index (χ0) is 25.8. The van der Waals surface area contributed by atoms with Crippen molar-refractivity contribution in [3.05, 3.63) is 95.6 Å². The van der Waals surface area contributed by atoms with Crippen LogP contribution in [0.5, 0.6) is 5.75 Å². The third-order valence-corrected chi connectivity index (χ3v) is 4.96. The molecule has 3 aromatic rings. The van der Waals surface area contributed by atoms with E-state index in [-0.39, 0.29) is 17.4 Å². The van der Waals surface area contributed by atoms with Gasteiger partial charge in [0.25, 0.3) is 0 Å². The summed E-state index contributed by atoms with van der Waals surface area (Å²) in [6.45, 7) is 1.33. The van der Waals surface area contributed by atoms with E-state index in [4.69, 9.17) is 4.74 Å². The molecule has 3 aromatic carbocycles. The second kappa shape index (κ2) is 10.2. The number of rotatable bonds is 8. The van der Waals surface area contributed by atoms with Gasteiger partial charge in [-0.15, -0.1) is 0 Å². The molecular weight excluding hydrogens is 476 g/mol. The fourth-order valence-electron chi connectivity index (χ4n) is 3.24. The fourth-order valence-corrected chi connectivity index (χ4v) is 3.24. The number of alkyl halides is 6. The van der Waals surface area contributed by atoms with E-state index < -0.39 is 52.9 Å². The summed E-state index contributed by atoms with van der Waals surface area (Å²) in [5.41, 5.74) is -3.82. The van der Waals surface area contributed by atoms with Crippen molar-refractivity contribution in [1.82, 2.24) is 0 Å². The highest BCUT2D eigenvalue weighted by molar-refractivity contribution is 6.17. The molecular formula is C25H19F6NO3. The van der Waals surface area contributed by atoms with Gasteiger partial charge in [0.15, 0.2) is 17.9 Å². The number of hydrogen-bond donors (Lipinski definition) is 1. The zero-order valence-corrected chi connectivity index (χ0v) is 18.2. The molecule has 35 heavy (non-hydrogen) atoms. The van der Waals surface area contributed by atoms with E-state index in [1.807, 2.05) is 0 Å². The number of ketones is 2. The van der Waals surface area contributed by atoms with Gasteiger partial charge in [0, 0.05) is 11.3 Å². The van der Waals surface area contributed by atoms with E-state index in [0.717, 1.165) is 0 Å². The lowest BCUT2D eigenvalue weighted by Crippen LogP contribution is -2.44. The van der Waals surface area contributed by atoms with E-state index in [0.29, 0.717) is 12.1 Å². The van der Waals surface area contributed by atoms with E-state index in [1.165, 1.54) is 31.2 Å². The Labute approximate surface area is 196 Å². The molecule has 0 aliphatic rings. The SMILES string of the molecule is CC(Oc1ccccc1)C(=O)C(Nc1cc(C(F)(F)F)cc(C(F)(F)F)c1)C(=O)c1ccccc1. The van der Waals surface area contributed by atoms with E-state index >= 15 is 0 Å². The number of benzene rings is 3. The lowest BCUT2D eigenvalue weighted by molar-refractivity contribution is -0.143. The molecule has 2 unspecified atom stereocenters. The minimum atomic E-state index is -5.09. The van der Waals surface area contributed by atoms with Crippen LogP contribution in [0.1, 0.15) is 28.4 Å². The monoisotopic (exact) mass is 495 g/mol. The molecule has 0 saturated heterocycles. The standard InChI is InChI=1S/C25H19F6NO3/c1-15(35-20-10-6-3-7-11-20)22(33)21(23(34)16-8-4-2-5-9-16)32-19-13-17(24(26,27)28)12-18(14-19)25(29,30)31/h2-15,21,32H,1H3. The van der Waals surface area contributed by atoms with Crippen LogP contribution in [-0.2, 0) is 17.1 Å². The third-order valence-electron chi connectivity index (χ3n) is 4.96. The number of Topliss-reactive ketones (excluding diaryl/α,β-unsaturated/α-hetero) is 2. The first-order chi connectivity index (χ1) is 16.4. The van der Waals surface area contributed by atoms with Gasteiger partial charge < -0.3 is 10.1 Å². The van der Waals surface area contributed by atoms with Crippen LogP contribution in [0.25, 0.3) is 0 Å². The number of halogens is 6. The summed E-state index contributed by atoms with van der Waals surface area (Å²) in [6.07, 6.45) is -11.4. The predicted molar refractivity (Wildman–Crippen MR) is 116 cm³/mol. The summed E-state index contributed by atoms with van der Waals surface area (Å²) < 4.78 is 85.2. The van der Waals surface area contributed by atoms with Crippen molar-refractivity contribution in [2.24, 2.45) is 0 Å². The lowest BCUT2D eigenvalue weighted by atomic mass is 9.97. The Bertz CT molecular complexity index is 1150. The second-order valence-electron chi connectivity index (χ2n) is 7.58. The molecule has 0 aliphatic heterocycles. The Morgan fingerprint density at radius 2 is 1.26 bits per heavy atom. The number of nitrogens with one attached hydrogen (secondary N) is 1. The minimum Gasteiger partial charge on any atom is -0.483 e. The van der Waals surface area contributed by atoms with Crippen LogP contribution in [-0.4, -0.2) is 23.7 Å². The molecule has 4 nitrogen and oxygen atoms in total.